The molecule has 0 aromatic carbocycles. The second kappa shape index (κ2) is 6.66. The Bertz CT molecular complexity index is 926. The third-order valence-corrected chi connectivity index (χ3v) is 4.55. The Morgan fingerprint density at radius 1 is 1.42 bits per heavy atom. The molecule has 0 aliphatic heterocycles. The predicted octanol–water partition coefficient (Wildman–Crippen LogP) is 2.03. The van der Waals surface area contributed by atoms with Crippen LogP contribution in [0.1, 0.15) is 25.8 Å². The van der Waals surface area contributed by atoms with Crippen molar-refractivity contribution in [3.8, 4) is 0 Å². The van der Waals surface area contributed by atoms with Crippen molar-refractivity contribution < 1.29 is 4.79 Å². The van der Waals surface area contributed by atoms with Gasteiger partial charge in [0.25, 0.3) is 0 Å². The van der Waals surface area contributed by atoms with Crippen LogP contribution in [0.25, 0.3) is 11.0 Å². The van der Waals surface area contributed by atoms with Crippen molar-refractivity contribution in [3.05, 3.63) is 24.7 Å². The first-order valence-electron chi connectivity index (χ1n) is 8.76. The number of aromatic amines is 1. The third kappa shape index (κ3) is 3.32. The van der Waals surface area contributed by atoms with Gasteiger partial charge >= 0.3 is 0 Å². The van der Waals surface area contributed by atoms with Crippen LogP contribution in [-0.2, 0) is 4.79 Å². The first-order valence-corrected chi connectivity index (χ1v) is 8.76. The normalized spacial score (nSPS) is 15.0. The van der Waals surface area contributed by atoms with Crippen molar-refractivity contribution >= 4 is 34.4 Å². The highest BCUT2D eigenvalue weighted by molar-refractivity contribution is 5.88. The summed E-state index contributed by atoms with van der Waals surface area (Å²) in [5, 5.41) is 14.4. The Labute approximate surface area is 150 Å². The van der Waals surface area contributed by atoms with Gasteiger partial charge in [-0.2, -0.15) is 15.1 Å². The number of nitrogens with zero attached hydrogens (tertiary/aromatic N) is 4. The molecule has 1 aliphatic rings. The number of carbonyl (C=O) groups excluding carboxylic acids is 1. The fraction of sp³-hybridized carbons (Fsp3) is 0.412. The number of hydrogen-bond donors (Lipinski definition) is 4. The van der Waals surface area contributed by atoms with E-state index in [1.54, 1.807) is 31.0 Å². The Morgan fingerprint density at radius 2 is 2.27 bits per heavy atom. The van der Waals surface area contributed by atoms with Gasteiger partial charge in [-0.25, -0.2) is 0 Å². The third-order valence-electron chi connectivity index (χ3n) is 4.55. The van der Waals surface area contributed by atoms with Crippen LogP contribution < -0.4 is 16.0 Å². The lowest BCUT2D eigenvalue weighted by atomic mass is 10.3. The molecule has 0 saturated heterocycles. The van der Waals surface area contributed by atoms with Gasteiger partial charge in [0.15, 0.2) is 0 Å². The second-order valence-electron chi connectivity index (χ2n) is 6.58. The minimum Gasteiger partial charge on any atom is -0.369 e. The van der Waals surface area contributed by atoms with E-state index >= 15 is 0 Å². The smallest absolute Gasteiger partial charge is 0.244 e. The molecule has 26 heavy (non-hydrogen) atoms. The number of aromatic nitrogens is 5. The summed E-state index contributed by atoms with van der Waals surface area (Å²) in [4.78, 5) is 24.0. The highest BCUT2D eigenvalue weighted by Crippen LogP contribution is 2.30. The molecule has 3 heterocycles. The fourth-order valence-corrected chi connectivity index (χ4v) is 2.77. The lowest BCUT2D eigenvalue weighted by molar-refractivity contribution is -0.123. The average molecular weight is 354 g/mol. The zero-order chi connectivity index (χ0) is 18.1. The number of likely N-dealkylation sites (N-methyl/N-ethyl adjacent to an activating group) is 1. The highest BCUT2D eigenvalue weighted by atomic mass is 16.2. The molecule has 4 N–H and O–H groups in total. The van der Waals surface area contributed by atoms with Gasteiger partial charge in [-0.05, 0) is 31.7 Å². The van der Waals surface area contributed by atoms with Gasteiger partial charge < -0.3 is 20.9 Å². The van der Waals surface area contributed by atoms with Crippen molar-refractivity contribution in [3.63, 3.8) is 0 Å². The number of carbonyl (C=O) groups is 1. The lowest BCUT2D eigenvalue weighted by Gasteiger charge is -2.10. The van der Waals surface area contributed by atoms with Crippen LogP contribution in [0.15, 0.2) is 24.7 Å². The molecule has 1 saturated carbocycles. The molecule has 3 aromatic rings. The van der Waals surface area contributed by atoms with E-state index in [9.17, 15) is 4.79 Å². The average Bonchev–Trinajstić information content (AvgIpc) is 3.15. The number of hydrogen-bond acceptors (Lipinski definition) is 6. The lowest BCUT2D eigenvalue weighted by Crippen LogP contribution is -2.27. The number of rotatable bonds is 7. The minimum absolute atomic E-state index is 0.102. The molecule has 1 unspecified atom stereocenters. The first kappa shape index (κ1) is 16.4. The molecule has 136 valence electrons. The highest BCUT2D eigenvalue weighted by Gasteiger charge is 2.21. The summed E-state index contributed by atoms with van der Waals surface area (Å²) in [5.74, 6) is 1.94. The van der Waals surface area contributed by atoms with Crippen molar-refractivity contribution in [1.29, 1.82) is 0 Å². The minimum atomic E-state index is -0.391. The van der Waals surface area contributed by atoms with Crippen LogP contribution in [0.2, 0.25) is 0 Å². The van der Waals surface area contributed by atoms with Gasteiger partial charge in [0, 0.05) is 26.0 Å². The molecule has 3 aromatic heterocycles. The Morgan fingerprint density at radius 3 is 3.04 bits per heavy atom. The number of nitrogens with one attached hydrogen (secondary N) is 4. The quantitative estimate of drug-likeness (QED) is 0.516. The van der Waals surface area contributed by atoms with Gasteiger partial charge in [-0.3, -0.25) is 9.48 Å². The molecule has 1 fully saturated rings. The summed E-state index contributed by atoms with van der Waals surface area (Å²) in [7, 11) is 1.61. The van der Waals surface area contributed by atoms with Gasteiger partial charge in [0.1, 0.15) is 17.5 Å². The Kier molecular flexibility index (Phi) is 4.19. The van der Waals surface area contributed by atoms with Crippen LogP contribution in [0.5, 0.6) is 0 Å². The maximum Gasteiger partial charge on any atom is 0.244 e. The summed E-state index contributed by atoms with van der Waals surface area (Å²) in [6.45, 7) is 2.72. The fourth-order valence-electron chi connectivity index (χ4n) is 2.77. The van der Waals surface area contributed by atoms with Crippen LogP contribution in [0, 0.1) is 5.92 Å². The van der Waals surface area contributed by atoms with Crippen LogP contribution >= 0.6 is 0 Å². The standard InChI is InChI=1S/C17H22N8O/c1-10(16(26)18-2)25-9-12(8-21-25)22-17-23-14-13(5-6-19-14)15(24-17)20-7-11-3-4-11/h5-6,8-11H,3-4,7H2,1-2H3,(H,18,26)(H3,19,20,22,23,24). The van der Waals surface area contributed by atoms with E-state index < -0.39 is 6.04 Å². The molecule has 9 nitrogen and oxygen atoms in total. The SMILES string of the molecule is CNC(=O)C(C)n1cc(Nc2nc(NCC3CC3)c3cc[nH]c3n2)cn1. The van der Waals surface area contributed by atoms with Gasteiger partial charge in [0.05, 0.1) is 17.3 Å². The summed E-state index contributed by atoms with van der Waals surface area (Å²) in [6, 6.07) is 1.58. The van der Waals surface area contributed by atoms with Crippen molar-refractivity contribution in [2.45, 2.75) is 25.8 Å². The molecule has 1 amide bonds. The number of fused-ring (bicyclic) bond motifs is 1. The largest absolute Gasteiger partial charge is 0.369 e. The molecular formula is C17H22N8O. The maximum absolute atomic E-state index is 11.7. The zero-order valence-electron chi connectivity index (χ0n) is 14.8. The molecule has 0 spiro atoms. The predicted molar refractivity (Wildman–Crippen MR) is 99.4 cm³/mol. The number of amides is 1. The van der Waals surface area contributed by atoms with Gasteiger partial charge in [-0.1, -0.05) is 0 Å². The van der Waals surface area contributed by atoms with Crippen LogP contribution in [0.3, 0.4) is 0 Å². The van der Waals surface area contributed by atoms with E-state index in [1.807, 2.05) is 12.3 Å². The molecular weight excluding hydrogens is 332 g/mol. The van der Waals surface area contributed by atoms with E-state index in [2.05, 4.69) is 36.0 Å². The summed E-state index contributed by atoms with van der Waals surface area (Å²) < 4.78 is 1.60. The summed E-state index contributed by atoms with van der Waals surface area (Å²) >= 11 is 0. The Hall–Kier alpha value is -3.10. The molecule has 9 heteroatoms. The second-order valence-corrected chi connectivity index (χ2v) is 6.58. The number of anilines is 3. The molecule has 1 atom stereocenters. The maximum atomic E-state index is 11.7. The van der Waals surface area contributed by atoms with Crippen molar-refractivity contribution in [2.75, 3.05) is 24.2 Å². The van der Waals surface area contributed by atoms with E-state index in [1.165, 1.54) is 12.8 Å². The van der Waals surface area contributed by atoms with Gasteiger partial charge in [0.2, 0.25) is 11.9 Å². The summed E-state index contributed by atoms with van der Waals surface area (Å²) in [5.41, 5.74) is 1.49. The molecule has 0 radical (unpaired) electrons. The van der Waals surface area contributed by atoms with Crippen molar-refractivity contribution in [2.24, 2.45) is 5.92 Å². The van der Waals surface area contributed by atoms with Crippen LogP contribution in [0.4, 0.5) is 17.5 Å². The van der Waals surface area contributed by atoms with E-state index in [-0.39, 0.29) is 5.91 Å². The van der Waals surface area contributed by atoms with E-state index in [0.29, 0.717) is 5.95 Å². The van der Waals surface area contributed by atoms with Crippen LogP contribution in [-0.4, -0.2) is 44.2 Å². The zero-order valence-corrected chi connectivity index (χ0v) is 14.8. The van der Waals surface area contributed by atoms with Gasteiger partial charge in [-0.15, -0.1) is 0 Å². The topological polar surface area (TPSA) is 113 Å². The molecule has 4 rings (SSSR count). The molecule has 0 bridgehead atoms. The summed E-state index contributed by atoms with van der Waals surface area (Å²) in [6.07, 6.45) is 7.83. The van der Waals surface area contributed by atoms with Crippen molar-refractivity contribution in [1.82, 2.24) is 30.0 Å². The monoisotopic (exact) mass is 354 g/mol. The first-order chi connectivity index (χ1) is 12.6. The Balaban J connectivity index is 1.55. The van der Waals surface area contributed by atoms with E-state index in [4.69, 9.17) is 0 Å². The number of H-pyrrole nitrogens is 1. The molecule has 1 aliphatic carbocycles. The van der Waals surface area contributed by atoms with E-state index in [0.717, 1.165) is 35.0 Å².